The lowest BCUT2D eigenvalue weighted by atomic mass is 9.98. The molecule has 1 saturated heterocycles. The first-order valence-corrected chi connectivity index (χ1v) is 11.2. The fourth-order valence-electron chi connectivity index (χ4n) is 3.33. The molecule has 0 aliphatic carbocycles. The molecule has 2 aromatic rings. The molecule has 1 aromatic heterocycles. The van der Waals surface area contributed by atoms with E-state index in [9.17, 15) is 13.2 Å². The largest absolute Gasteiger partial charge is 0.493 e. The van der Waals surface area contributed by atoms with Gasteiger partial charge in [0, 0.05) is 31.9 Å². The Balaban J connectivity index is 1.77. The zero-order chi connectivity index (χ0) is 20.3. The van der Waals surface area contributed by atoms with E-state index in [1.54, 1.807) is 54.8 Å². The highest BCUT2D eigenvalue weighted by Crippen LogP contribution is 2.33. The summed E-state index contributed by atoms with van der Waals surface area (Å²) in [7, 11) is 1.23. The van der Waals surface area contributed by atoms with Gasteiger partial charge in [-0.05, 0) is 36.4 Å². The zero-order valence-electron chi connectivity index (χ0n) is 16.1. The van der Waals surface area contributed by atoms with Crippen LogP contribution in [0.25, 0.3) is 0 Å². The van der Waals surface area contributed by atoms with Crippen molar-refractivity contribution >= 4 is 33.0 Å². The van der Waals surface area contributed by atoms with E-state index in [1.807, 2.05) is 0 Å². The Kier molecular flexibility index (Phi) is 6.26. The maximum atomic E-state index is 13.0. The number of methoxy groups -OCH3 is 2. The van der Waals surface area contributed by atoms with E-state index in [1.165, 1.54) is 22.8 Å². The molecule has 28 heavy (non-hydrogen) atoms. The minimum atomic E-state index is -3.55. The first kappa shape index (κ1) is 20.6. The third-order valence-electron chi connectivity index (χ3n) is 4.91. The Bertz CT molecular complexity index is 928. The van der Waals surface area contributed by atoms with Crippen LogP contribution in [-0.4, -0.2) is 53.0 Å². The van der Waals surface area contributed by atoms with Crippen molar-refractivity contribution in [3.8, 4) is 11.5 Å². The van der Waals surface area contributed by atoms with Gasteiger partial charge in [-0.25, -0.2) is 8.42 Å². The van der Waals surface area contributed by atoms with Gasteiger partial charge in [-0.3, -0.25) is 4.79 Å². The molecule has 0 saturated carbocycles. The molecule has 2 heterocycles. The van der Waals surface area contributed by atoms with Crippen LogP contribution in [-0.2, 0) is 14.8 Å². The van der Waals surface area contributed by atoms with E-state index < -0.39 is 10.0 Å². The van der Waals surface area contributed by atoms with Gasteiger partial charge in [0.05, 0.1) is 20.1 Å². The van der Waals surface area contributed by atoms with E-state index in [-0.39, 0.29) is 18.4 Å². The average molecular weight is 425 g/mol. The van der Waals surface area contributed by atoms with Crippen molar-refractivity contribution in [1.29, 1.82) is 0 Å². The smallest absolute Gasteiger partial charge is 0.252 e. The minimum Gasteiger partial charge on any atom is -0.493 e. The predicted molar refractivity (Wildman–Crippen MR) is 109 cm³/mol. The van der Waals surface area contributed by atoms with Gasteiger partial charge in [-0.1, -0.05) is 6.07 Å². The molecule has 3 rings (SSSR count). The molecule has 0 radical (unpaired) electrons. The Hall–Kier alpha value is -2.10. The quantitative estimate of drug-likeness (QED) is 0.713. The Morgan fingerprint density at radius 1 is 1.21 bits per heavy atom. The lowest BCUT2D eigenvalue weighted by molar-refractivity contribution is -0.123. The average Bonchev–Trinajstić information content (AvgIpc) is 3.28. The summed E-state index contributed by atoms with van der Waals surface area (Å²) in [5, 5.41) is 1.74. The fraction of sp³-hybridized carbons (Fsp3) is 0.421. The first-order valence-electron chi connectivity index (χ1n) is 8.91. The number of benzene rings is 1. The number of carbonyl (C=O) groups excluding carboxylic acids is 1. The number of sulfonamides is 1. The minimum absolute atomic E-state index is 0.113. The standard InChI is InChI=1S/C19H24N2O5S2/c1-20(15-8-9-16(25-2)17(12-15)26-3)19(22)14-6-4-10-21(13-14)28(23,24)18-7-5-11-27-18/h5,7-9,11-12,14H,4,6,10,13H2,1-3H3. The lowest BCUT2D eigenvalue weighted by Crippen LogP contribution is -2.45. The second-order valence-corrected chi connectivity index (χ2v) is 9.68. The second kappa shape index (κ2) is 8.50. The summed E-state index contributed by atoms with van der Waals surface area (Å²) in [4.78, 5) is 14.6. The summed E-state index contributed by atoms with van der Waals surface area (Å²) in [6.07, 6.45) is 1.31. The Morgan fingerprint density at radius 2 is 1.96 bits per heavy atom. The molecule has 1 amide bonds. The summed E-state index contributed by atoms with van der Waals surface area (Å²) < 4.78 is 37.9. The molecular formula is C19H24N2O5S2. The monoisotopic (exact) mass is 424 g/mol. The van der Waals surface area contributed by atoms with Crippen molar-refractivity contribution < 1.29 is 22.7 Å². The van der Waals surface area contributed by atoms with Gasteiger partial charge in [0.1, 0.15) is 4.21 Å². The van der Waals surface area contributed by atoms with Crippen molar-refractivity contribution in [1.82, 2.24) is 4.31 Å². The maximum absolute atomic E-state index is 13.0. The number of amides is 1. The van der Waals surface area contributed by atoms with Crippen LogP contribution in [0.2, 0.25) is 0 Å². The highest BCUT2D eigenvalue weighted by Gasteiger charge is 2.35. The van der Waals surface area contributed by atoms with Crippen LogP contribution >= 0.6 is 11.3 Å². The third kappa shape index (κ3) is 4.01. The van der Waals surface area contributed by atoms with E-state index in [0.29, 0.717) is 40.8 Å². The number of carbonyl (C=O) groups is 1. The fourth-order valence-corrected chi connectivity index (χ4v) is 6.00. The Labute approximate surface area is 169 Å². The number of hydrogen-bond acceptors (Lipinski definition) is 6. The molecule has 0 N–H and O–H groups in total. The van der Waals surface area contributed by atoms with Crippen LogP contribution in [0.5, 0.6) is 11.5 Å². The van der Waals surface area contributed by atoms with E-state index in [0.717, 1.165) is 0 Å². The zero-order valence-corrected chi connectivity index (χ0v) is 17.8. The Morgan fingerprint density at radius 3 is 2.61 bits per heavy atom. The third-order valence-corrected chi connectivity index (χ3v) is 8.15. The van der Waals surface area contributed by atoms with Crippen LogP contribution in [0.1, 0.15) is 12.8 Å². The van der Waals surface area contributed by atoms with Crippen LogP contribution in [0.4, 0.5) is 5.69 Å². The van der Waals surface area contributed by atoms with Gasteiger partial charge in [-0.15, -0.1) is 11.3 Å². The number of piperidine rings is 1. The molecule has 1 aliphatic heterocycles. The molecular weight excluding hydrogens is 400 g/mol. The molecule has 1 fully saturated rings. The molecule has 152 valence electrons. The molecule has 0 spiro atoms. The van der Waals surface area contributed by atoms with Crippen molar-refractivity contribution in [2.24, 2.45) is 5.92 Å². The van der Waals surface area contributed by atoms with Gasteiger partial charge < -0.3 is 14.4 Å². The number of rotatable bonds is 6. The lowest BCUT2D eigenvalue weighted by Gasteiger charge is -2.33. The van der Waals surface area contributed by atoms with Crippen molar-refractivity contribution in [2.45, 2.75) is 17.1 Å². The van der Waals surface area contributed by atoms with E-state index in [4.69, 9.17) is 9.47 Å². The maximum Gasteiger partial charge on any atom is 0.252 e. The number of ether oxygens (including phenoxy) is 2. The van der Waals surface area contributed by atoms with E-state index in [2.05, 4.69) is 0 Å². The van der Waals surface area contributed by atoms with Crippen molar-refractivity contribution in [2.75, 3.05) is 39.3 Å². The van der Waals surface area contributed by atoms with Gasteiger partial charge >= 0.3 is 0 Å². The molecule has 1 aliphatic rings. The molecule has 0 bridgehead atoms. The number of thiophene rings is 1. The molecule has 1 aromatic carbocycles. The highest BCUT2D eigenvalue weighted by molar-refractivity contribution is 7.91. The van der Waals surface area contributed by atoms with Gasteiger partial charge in [-0.2, -0.15) is 4.31 Å². The number of anilines is 1. The molecule has 1 atom stereocenters. The number of nitrogens with zero attached hydrogens (tertiary/aromatic N) is 2. The first-order chi connectivity index (χ1) is 13.4. The second-order valence-electron chi connectivity index (χ2n) is 6.57. The molecule has 7 nitrogen and oxygen atoms in total. The summed E-state index contributed by atoms with van der Waals surface area (Å²) >= 11 is 1.19. The summed E-state index contributed by atoms with van der Waals surface area (Å²) in [5.74, 6) is 0.614. The SMILES string of the molecule is COc1ccc(N(C)C(=O)C2CCCN(S(=O)(=O)c3cccs3)C2)cc1OC. The van der Waals surface area contributed by atoms with Crippen LogP contribution in [0.3, 0.4) is 0 Å². The van der Waals surface area contributed by atoms with Gasteiger partial charge in [0.15, 0.2) is 11.5 Å². The van der Waals surface area contributed by atoms with Crippen LogP contribution in [0, 0.1) is 5.92 Å². The van der Waals surface area contributed by atoms with Gasteiger partial charge in [0.2, 0.25) is 5.91 Å². The number of hydrogen-bond donors (Lipinski definition) is 0. The molecule has 9 heteroatoms. The van der Waals surface area contributed by atoms with Crippen LogP contribution < -0.4 is 14.4 Å². The van der Waals surface area contributed by atoms with Gasteiger partial charge in [0.25, 0.3) is 10.0 Å². The normalized spacial score (nSPS) is 17.9. The molecule has 1 unspecified atom stereocenters. The summed E-state index contributed by atoms with van der Waals surface area (Å²) in [6, 6.07) is 8.57. The van der Waals surface area contributed by atoms with Crippen molar-refractivity contribution in [3.05, 3.63) is 35.7 Å². The van der Waals surface area contributed by atoms with Crippen molar-refractivity contribution in [3.63, 3.8) is 0 Å². The predicted octanol–water partition coefficient (Wildman–Crippen LogP) is 2.83. The van der Waals surface area contributed by atoms with E-state index >= 15 is 0 Å². The van der Waals surface area contributed by atoms with Crippen LogP contribution in [0.15, 0.2) is 39.9 Å². The summed E-state index contributed by atoms with van der Waals surface area (Å²) in [5.41, 5.74) is 0.667. The highest BCUT2D eigenvalue weighted by atomic mass is 32.2. The summed E-state index contributed by atoms with van der Waals surface area (Å²) in [6.45, 7) is 0.626. The topological polar surface area (TPSA) is 76.2 Å².